The fourth-order valence-corrected chi connectivity index (χ4v) is 4.34. The summed E-state index contributed by atoms with van der Waals surface area (Å²) in [5.41, 5.74) is 1.59. The Hall–Kier alpha value is -3.87. The van der Waals surface area contributed by atoms with Gasteiger partial charge in [0.25, 0.3) is 5.91 Å². The van der Waals surface area contributed by atoms with Crippen LogP contribution in [-0.2, 0) is 4.79 Å². The molecule has 2 aromatic carbocycles. The van der Waals surface area contributed by atoms with Gasteiger partial charge in [0.2, 0.25) is 5.91 Å². The lowest BCUT2D eigenvalue weighted by molar-refractivity contribution is -0.123. The van der Waals surface area contributed by atoms with Crippen LogP contribution in [0.25, 0.3) is 0 Å². The van der Waals surface area contributed by atoms with Crippen LogP contribution in [0.2, 0.25) is 0 Å². The molecule has 1 aromatic heterocycles. The Kier molecular flexibility index (Phi) is 7.11. The number of amides is 2. The molecule has 7 nitrogen and oxygen atoms in total. The molecule has 1 aliphatic carbocycles. The number of ether oxygens (including phenoxy) is 1. The van der Waals surface area contributed by atoms with Gasteiger partial charge in [0, 0.05) is 17.3 Å². The van der Waals surface area contributed by atoms with Crippen molar-refractivity contribution in [3.8, 4) is 5.75 Å². The summed E-state index contributed by atoms with van der Waals surface area (Å²) in [5.74, 6) is -0.143. The van der Waals surface area contributed by atoms with Crippen LogP contribution in [0.4, 0.5) is 5.69 Å². The van der Waals surface area contributed by atoms with E-state index in [0.717, 1.165) is 25.7 Å². The summed E-state index contributed by atoms with van der Waals surface area (Å²) in [6, 6.07) is 16.1. The number of furan rings is 1. The molecular formula is C27H28N2O5. The van der Waals surface area contributed by atoms with E-state index in [0.29, 0.717) is 22.6 Å². The maximum absolute atomic E-state index is 13.7. The highest BCUT2D eigenvalue weighted by atomic mass is 16.5. The Morgan fingerprint density at radius 3 is 2.38 bits per heavy atom. The number of benzene rings is 2. The lowest BCUT2D eigenvalue weighted by atomic mass is 10.0. The van der Waals surface area contributed by atoms with Crippen molar-refractivity contribution in [1.29, 1.82) is 0 Å². The normalized spacial score (nSPS) is 14.4. The van der Waals surface area contributed by atoms with Crippen molar-refractivity contribution < 1.29 is 23.5 Å². The Morgan fingerprint density at radius 1 is 1.03 bits per heavy atom. The maximum Gasteiger partial charge on any atom is 0.294 e. The van der Waals surface area contributed by atoms with E-state index in [2.05, 4.69) is 5.32 Å². The van der Waals surface area contributed by atoms with Crippen LogP contribution in [0.5, 0.6) is 5.75 Å². The molecule has 4 rings (SSSR count). The molecule has 0 aliphatic heterocycles. The van der Waals surface area contributed by atoms with Gasteiger partial charge in [-0.3, -0.25) is 19.3 Å². The van der Waals surface area contributed by atoms with Crippen molar-refractivity contribution in [3.05, 3.63) is 83.8 Å². The predicted octanol–water partition coefficient (Wildman–Crippen LogP) is 4.94. The average Bonchev–Trinajstić information content (AvgIpc) is 3.57. The van der Waals surface area contributed by atoms with E-state index in [4.69, 9.17) is 9.15 Å². The van der Waals surface area contributed by atoms with Crippen LogP contribution in [0, 0.1) is 0 Å². The molecule has 176 valence electrons. The van der Waals surface area contributed by atoms with Gasteiger partial charge in [-0.1, -0.05) is 25.0 Å². The average molecular weight is 461 g/mol. The van der Waals surface area contributed by atoms with Crippen LogP contribution in [0.3, 0.4) is 0 Å². The third kappa shape index (κ3) is 5.03. The number of carbonyl (C=O) groups excluding carboxylic acids is 3. The molecular weight excluding hydrogens is 432 g/mol. The molecule has 2 amide bonds. The second-order valence-electron chi connectivity index (χ2n) is 8.42. The quantitative estimate of drug-likeness (QED) is 0.481. The number of hydrogen-bond acceptors (Lipinski definition) is 5. The number of carbonyl (C=O) groups is 3. The molecule has 1 atom stereocenters. The van der Waals surface area contributed by atoms with Gasteiger partial charge >= 0.3 is 0 Å². The van der Waals surface area contributed by atoms with Crippen LogP contribution in [-0.4, -0.2) is 30.7 Å². The molecule has 1 aliphatic rings. The first-order valence-electron chi connectivity index (χ1n) is 11.4. The van der Waals surface area contributed by atoms with Crippen molar-refractivity contribution in [1.82, 2.24) is 5.32 Å². The van der Waals surface area contributed by atoms with Gasteiger partial charge in [0.1, 0.15) is 11.8 Å². The molecule has 3 aromatic rings. The summed E-state index contributed by atoms with van der Waals surface area (Å²) < 4.78 is 10.8. The molecule has 1 saturated carbocycles. The van der Waals surface area contributed by atoms with Gasteiger partial charge in [-0.15, -0.1) is 0 Å². The van der Waals surface area contributed by atoms with E-state index in [1.54, 1.807) is 67.8 Å². The first-order valence-corrected chi connectivity index (χ1v) is 11.4. The monoisotopic (exact) mass is 460 g/mol. The highest BCUT2D eigenvalue weighted by Crippen LogP contribution is 2.32. The van der Waals surface area contributed by atoms with Crippen LogP contribution >= 0.6 is 0 Å². The van der Waals surface area contributed by atoms with Crippen LogP contribution < -0.4 is 15.0 Å². The van der Waals surface area contributed by atoms with Gasteiger partial charge in [0.05, 0.1) is 13.4 Å². The Balaban J connectivity index is 1.82. The van der Waals surface area contributed by atoms with Crippen LogP contribution in [0.15, 0.2) is 71.3 Å². The standard InChI is InChI=1S/C27H28N2O5/c1-18(30)19-12-14-22(15-13-19)29(27(32)24-11-6-16-34-24)25(20-7-5-10-23(17-20)33-2)26(31)28-21-8-3-4-9-21/h5-7,10-17,21,25H,3-4,8-9H2,1-2H3,(H,28,31)/t25-/m0/s1. The minimum atomic E-state index is -0.975. The summed E-state index contributed by atoms with van der Waals surface area (Å²) >= 11 is 0. The molecule has 0 radical (unpaired) electrons. The summed E-state index contributed by atoms with van der Waals surface area (Å²) in [4.78, 5) is 40.6. The summed E-state index contributed by atoms with van der Waals surface area (Å²) in [6.07, 6.45) is 5.38. The van der Waals surface area contributed by atoms with Gasteiger partial charge in [-0.25, -0.2) is 0 Å². The van der Waals surface area contributed by atoms with E-state index in [9.17, 15) is 14.4 Å². The maximum atomic E-state index is 13.7. The minimum Gasteiger partial charge on any atom is -0.497 e. The van der Waals surface area contributed by atoms with Crippen molar-refractivity contribution in [3.63, 3.8) is 0 Å². The molecule has 7 heteroatoms. The van der Waals surface area contributed by atoms with E-state index in [1.807, 2.05) is 0 Å². The zero-order valence-electron chi connectivity index (χ0n) is 19.3. The Labute approximate surface area is 198 Å². The van der Waals surface area contributed by atoms with Gasteiger partial charge < -0.3 is 14.5 Å². The molecule has 0 bridgehead atoms. The summed E-state index contributed by atoms with van der Waals surface area (Å²) in [7, 11) is 1.55. The Morgan fingerprint density at radius 2 is 1.76 bits per heavy atom. The van der Waals surface area contributed by atoms with Crippen molar-refractivity contribution >= 4 is 23.3 Å². The molecule has 34 heavy (non-hydrogen) atoms. The number of Topliss-reactive ketones (excluding diaryl/α,β-unsaturated/α-hetero) is 1. The molecule has 0 unspecified atom stereocenters. The van der Waals surface area contributed by atoms with E-state index >= 15 is 0 Å². The van der Waals surface area contributed by atoms with Gasteiger partial charge in [-0.05, 0) is 73.9 Å². The van der Waals surface area contributed by atoms with Crippen molar-refractivity contribution in [2.75, 3.05) is 12.0 Å². The number of methoxy groups -OCH3 is 1. The lowest BCUT2D eigenvalue weighted by Gasteiger charge is -2.32. The number of anilines is 1. The molecule has 0 spiro atoms. The first-order chi connectivity index (χ1) is 16.5. The van der Waals surface area contributed by atoms with Gasteiger partial charge in [0.15, 0.2) is 11.5 Å². The number of nitrogens with one attached hydrogen (secondary N) is 1. The van der Waals surface area contributed by atoms with E-state index in [-0.39, 0.29) is 23.5 Å². The molecule has 0 saturated heterocycles. The molecule has 1 N–H and O–H groups in total. The summed E-state index contributed by atoms with van der Waals surface area (Å²) in [6.45, 7) is 1.48. The SMILES string of the molecule is COc1cccc([C@@H](C(=O)NC2CCCC2)N(C(=O)c2ccco2)c2ccc(C(C)=O)cc2)c1. The largest absolute Gasteiger partial charge is 0.497 e. The summed E-state index contributed by atoms with van der Waals surface area (Å²) in [5, 5.41) is 3.14. The zero-order chi connectivity index (χ0) is 24.1. The van der Waals surface area contributed by atoms with E-state index < -0.39 is 11.9 Å². The second kappa shape index (κ2) is 10.4. The van der Waals surface area contributed by atoms with E-state index in [1.165, 1.54) is 18.1 Å². The fraction of sp³-hybridized carbons (Fsp3) is 0.296. The number of rotatable bonds is 8. The van der Waals surface area contributed by atoms with Gasteiger partial charge in [-0.2, -0.15) is 0 Å². The lowest BCUT2D eigenvalue weighted by Crippen LogP contribution is -2.46. The third-order valence-corrected chi connectivity index (χ3v) is 6.12. The Bertz CT molecular complexity index is 1150. The minimum absolute atomic E-state index is 0.0706. The fourth-order valence-electron chi connectivity index (χ4n) is 4.34. The number of hydrogen-bond donors (Lipinski definition) is 1. The molecule has 1 heterocycles. The number of ketones is 1. The molecule has 1 fully saturated rings. The highest BCUT2D eigenvalue weighted by molar-refractivity contribution is 6.09. The number of nitrogens with zero attached hydrogens (tertiary/aromatic N) is 1. The first kappa shape index (κ1) is 23.3. The van der Waals surface area contributed by atoms with Crippen molar-refractivity contribution in [2.45, 2.75) is 44.7 Å². The topological polar surface area (TPSA) is 88.8 Å². The zero-order valence-corrected chi connectivity index (χ0v) is 19.3. The van der Waals surface area contributed by atoms with Crippen LogP contribution in [0.1, 0.15) is 65.1 Å². The van der Waals surface area contributed by atoms with Crippen molar-refractivity contribution in [2.24, 2.45) is 0 Å². The smallest absolute Gasteiger partial charge is 0.294 e. The predicted molar refractivity (Wildman–Crippen MR) is 128 cm³/mol. The second-order valence-corrected chi connectivity index (χ2v) is 8.42. The highest BCUT2D eigenvalue weighted by Gasteiger charge is 2.36. The third-order valence-electron chi connectivity index (χ3n) is 6.12.